The molecule has 210 valence electrons. The molecule has 0 aliphatic carbocycles. The Bertz CT molecular complexity index is 1720. The number of para-hydroxylation sites is 1. The van der Waals surface area contributed by atoms with E-state index in [1.165, 1.54) is 0 Å². The number of halogens is 2. The number of pyridine rings is 1. The lowest BCUT2D eigenvalue weighted by Crippen LogP contribution is -2.29. The number of amides is 1. The molecule has 2 aromatic heterocycles. The second-order valence-corrected chi connectivity index (χ2v) is 10.7. The number of ether oxygens (including phenoxy) is 1. The zero-order valence-corrected chi connectivity index (χ0v) is 24.4. The zero-order valence-electron chi connectivity index (χ0n) is 22.0. The minimum atomic E-state index is -0.355. The Morgan fingerprint density at radius 2 is 1.76 bits per heavy atom. The first-order chi connectivity index (χ1) is 20.5. The summed E-state index contributed by atoms with van der Waals surface area (Å²) in [6.07, 6.45) is 1.75. The topological polar surface area (TPSA) is 79.6 Å². The van der Waals surface area contributed by atoms with Crippen molar-refractivity contribution in [3.8, 4) is 17.1 Å². The fourth-order valence-electron chi connectivity index (χ4n) is 4.84. The van der Waals surface area contributed by atoms with Gasteiger partial charge < -0.3 is 24.7 Å². The van der Waals surface area contributed by atoms with Crippen LogP contribution < -0.4 is 20.3 Å². The molecule has 5 aromatic rings. The molecular formula is C32H24Cl2N4O3S. The molecule has 0 unspecified atom stereocenters. The molecule has 6 rings (SSSR count). The molecule has 42 heavy (non-hydrogen) atoms. The lowest BCUT2D eigenvalue weighted by atomic mass is 10.0. The van der Waals surface area contributed by atoms with Gasteiger partial charge in [-0.15, -0.1) is 0 Å². The average molecular weight is 616 g/mol. The molecule has 1 saturated heterocycles. The van der Waals surface area contributed by atoms with Crippen molar-refractivity contribution in [1.29, 1.82) is 0 Å². The van der Waals surface area contributed by atoms with E-state index < -0.39 is 0 Å². The van der Waals surface area contributed by atoms with E-state index in [-0.39, 0.29) is 24.6 Å². The Kier molecular flexibility index (Phi) is 8.10. The van der Waals surface area contributed by atoms with Gasteiger partial charge in [-0.3, -0.25) is 9.78 Å². The van der Waals surface area contributed by atoms with Gasteiger partial charge in [0.05, 0.1) is 16.8 Å². The molecule has 2 N–H and O–H groups in total. The molecule has 3 aromatic carbocycles. The predicted molar refractivity (Wildman–Crippen MR) is 169 cm³/mol. The highest BCUT2D eigenvalue weighted by Crippen LogP contribution is 2.43. The minimum Gasteiger partial charge on any atom is -0.484 e. The second-order valence-electron chi connectivity index (χ2n) is 9.52. The molecule has 1 amide bonds. The van der Waals surface area contributed by atoms with Crippen molar-refractivity contribution in [3.05, 3.63) is 131 Å². The van der Waals surface area contributed by atoms with E-state index in [2.05, 4.69) is 15.6 Å². The molecule has 3 heterocycles. The van der Waals surface area contributed by atoms with Crippen LogP contribution in [0.5, 0.6) is 5.75 Å². The van der Waals surface area contributed by atoms with Crippen molar-refractivity contribution < 1.29 is 13.9 Å². The van der Waals surface area contributed by atoms with E-state index in [1.54, 1.807) is 30.5 Å². The Morgan fingerprint density at radius 1 is 0.976 bits per heavy atom. The number of carbonyl (C=O) groups is 1. The maximum absolute atomic E-state index is 12.5. The van der Waals surface area contributed by atoms with Gasteiger partial charge in [0, 0.05) is 28.2 Å². The maximum atomic E-state index is 12.5. The van der Waals surface area contributed by atoms with Crippen molar-refractivity contribution in [2.24, 2.45) is 0 Å². The predicted octanol–water partition coefficient (Wildman–Crippen LogP) is 7.84. The smallest absolute Gasteiger partial charge is 0.262 e. The Hall–Kier alpha value is -4.37. The van der Waals surface area contributed by atoms with Gasteiger partial charge in [-0.25, -0.2) is 0 Å². The second kappa shape index (κ2) is 12.2. The lowest BCUT2D eigenvalue weighted by Gasteiger charge is -2.26. The lowest BCUT2D eigenvalue weighted by molar-refractivity contribution is -0.118. The Labute approximate surface area is 258 Å². The normalized spacial score (nSPS) is 16.2. The highest BCUT2D eigenvalue weighted by atomic mass is 35.5. The molecule has 0 spiro atoms. The van der Waals surface area contributed by atoms with E-state index >= 15 is 0 Å². The number of thiocarbonyl (C=S) groups is 1. The molecule has 0 radical (unpaired) electrons. The van der Waals surface area contributed by atoms with Gasteiger partial charge in [0.25, 0.3) is 5.91 Å². The van der Waals surface area contributed by atoms with E-state index in [0.717, 1.165) is 16.9 Å². The van der Waals surface area contributed by atoms with Crippen molar-refractivity contribution in [1.82, 2.24) is 10.3 Å². The van der Waals surface area contributed by atoms with Crippen LogP contribution in [0.1, 0.15) is 23.5 Å². The number of anilines is 2. The minimum absolute atomic E-state index is 0.0990. The van der Waals surface area contributed by atoms with Crippen LogP contribution >= 0.6 is 35.4 Å². The van der Waals surface area contributed by atoms with Crippen molar-refractivity contribution >= 4 is 57.8 Å². The molecular weight excluding hydrogens is 591 g/mol. The Morgan fingerprint density at radius 3 is 2.50 bits per heavy atom. The van der Waals surface area contributed by atoms with Crippen LogP contribution in [0.25, 0.3) is 11.3 Å². The third-order valence-corrected chi connectivity index (χ3v) is 7.62. The first kappa shape index (κ1) is 27.8. The number of furan rings is 1. The quantitative estimate of drug-likeness (QED) is 0.172. The zero-order chi connectivity index (χ0) is 29.1. The van der Waals surface area contributed by atoms with Crippen LogP contribution in [0.3, 0.4) is 0 Å². The number of nitrogens with one attached hydrogen (secondary N) is 2. The van der Waals surface area contributed by atoms with Crippen LogP contribution in [0.15, 0.2) is 114 Å². The van der Waals surface area contributed by atoms with Crippen LogP contribution in [-0.2, 0) is 4.79 Å². The maximum Gasteiger partial charge on any atom is 0.262 e. The molecule has 0 bridgehead atoms. The summed E-state index contributed by atoms with van der Waals surface area (Å²) in [5, 5.41) is 7.85. The monoisotopic (exact) mass is 614 g/mol. The summed E-state index contributed by atoms with van der Waals surface area (Å²) in [4.78, 5) is 19.0. The standard InChI is InChI=1S/C32H24Cl2N4O3S/c33-20-9-14-24(25(34)18-20)27-15-16-28(41-27)31-30(26-8-4-5-17-35-26)37-32(42)38(31)22-12-10-21(11-13-22)36-29(39)19-40-23-6-2-1-3-7-23/h1-18,30-31H,19H2,(H,36,39)(H,37,42)/t30-,31+/m0/s1. The molecule has 7 nitrogen and oxygen atoms in total. The summed E-state index contributed by atoms with van der Waals surface area (Å²) in [6.45, 7) is -0.0990. The summed E-state index contributed by atoms with van der Waals surface area (Å²) in [5.74, 6) is 1.66. The molecule has 0 saturated carbocycles. The van der Waals surface area contributed by atoms with Gasteiger partial charge >= 0.3 is 0 Å². The van der Waals surface area contributed by atoms with Gasteiger partial charge in [0.2, 0.25) is 0 Å². The van der Waals surface area contributed by atoms with E-state index in [1.807, 2.05) is 83.8 Å². The summed E-state index contributed by atoms with van der Waals surface area (Å²) >= 11 is 18.4. The number of benzene rings is 3. The third-order valence-electron chi connectivity index (χ3n) is 6.76. The average Bonchev–Trinajstić information content (AvgIpc) is 3.62. The number of nitrogens with zero attached hydrogens (tertiary/aromatic N) is 2. The highest BCUT2D eigenvalue weighted by molar-refractivity contribution is 7.80. The van der Waals surface area contributed by atoms with Gasteiger partial charge in [-0.2, -0.15) is 0 Å². The van der Waals surface area contributed by atoms with E-state index in [0.29, 0.717) is 38.1 Å². The first-order valence-corrected chi connectivity index (χ1v) is 14.3. The van der Waals surface area contributed by atoms with Crippen molar-refractivity contribution in [3.63, 3.8) is 0 Å². The van der Waals surface area contributed by atoms with Crippen molar-refractivity contribution in [2.45, 2.75) is 12.1 Å². The number of hydrogen-bond donors (Lipinski definition) is 2. The fraction of sp³-hybridized carbons (Fsp3) is 0.0938. The molecule has 10 heteroatoms. The third kappa shape index (κ3) is 5.97. The number of hydrogen-bond acceptors (Lipinski definition) is 5. The van der Waals surface area contributed by atoms with Gasteiger partial charge in [0.1, 0.15) is 23.3 Å². The van der Waals surface area contributed by atoms with Gasteiger partial charge in [-0.05, 0) is 91.1 Å². The van der Waals surface area contributed by atoms with Gasteiger partial charge in [0.15, 0.2) is 11.7 Å². The molecule has 2 atom stereocenters. The molecule has 1 aliphatic heterocycles. The Balaban J connectivity index is 1.26. The molecule has 1 fully saturated rings. The SMILES string of the molecule is O=C(COc1ccccc1)Nc1ccc(N2C(=S)N[C@@H](c3ccccn3)[C@H]2c2ccc(-c3ccc(Cl)cc3Cl)o2)cc1. The number of carbonyl (C=O) groups excluding carboxylic acids is 1. The number of rotatable bonds is 8. The van der Waals surface area contributed by atoms with Crippen molar-refractivity contribution in [2.75, 3.05) is 16.8 Å². The van der Waals surface area contributed by atoms with Crippen LogP contribution in [0, 0.1) is 0 Å². The van der Waals surface area contributed by atoms with Crippen LogP contribution in [0.4, 0.5) is 11.4 Å². The summed E-state index contributed by atoms with van der Waals surface area (Å²) < 4.78 is 11.9. The highest BCUT2D eigenvalue weighted by Gasteiger charge is 2.42. The van der Waals surface area contributed by atoms with Crippen LogP contribution in [0.2, 0.25) is 10.0 Å². The fourth-order valence-corrected chi connectivity index (χ4v) is 5.68. The van der Waals surface area contributed by atoms with E-state index in [9.17, 15) is 4.79 Å². The van der Waals surface area contributed by atoms with Gasteiger partial charge in [-0.1, -0.05) is 47.5 Å². The summed E-state index contributed by atoms with van der Waals surface area (Å²) in [6, 6.07) is 30.9. The number of aromatic nitrogens is 1. The van der Waals surface area contributed by atoms with Crippen LogP contribution in [-0.4, -0.2) is 22.6 Å². The summed E-state index contributed by atoms with van der Waals surface area (Å²) in [7, 11) is 0. The molecule has 1 aliphatic rings. The summed E-state index contributed by atoms with van der Waals surface area (Å²) in [5.41, 5.74) is 3.00. The first-order valence-electron chi connectivity index (χ1n) is 13.1. The largest absolute Gasteiger partial charge is 0.484 e. The van der Waals surface area contributed by atoms with E-state index in [4.69, 9.17) is 44.6 Å².